The summed E-state index contributed by atoms with van der Waals surface area (Å²) in [6.45, 7) is 0.246. The molecular weight excluding hydrogens is 412 g/mol. The molecule has 0 radical (unpaired) electrons. The van der Waals surface area contributed by atoms with Crippen LogP contribution in [0.3, 0.4) is 0 Å². The molecule has 2 aromatic rings. The molecule has 2 saturated carbocycles. The van der Waals surface area contributed by atoms with Gasteiger partial charge in [0.2, 0.25) is 23.6 Å². The number of rotatable bonds is 4. The van der Waals surface area contributed by atoms with Gasteiger partial charge in [-0.2, -0.15) is 0 Å². The van der Waals surface area contributed by atoms with Crippen LogP contribution in [0, 0.1) is 47.3 Å². The highest BCUT2D eigenvalue weighted by atomic mass is 16.3. The summed E-state index contributed by atoms with van der Waals surface area (Å²) >= 11 is 0. The minimum atomic E-state index is -0.461. The number of carbonyl (C=O) groups excluding carboxylic acids is 4. The largest absolute Gasteiger partial charge is 0.467 e. The highest BCUT2D eigenvalue weighted by Gasteiger charge is 2.74. The highest BCUT2D eigenvalue weighted by Crippen LogP contribution is 2.68. The molecule has 4 amide bonds. The van der Waals surface area contributed by atoms with Crippen molar-refractivity contribution in [2.45, 2.75) is 13.1 Å². The second-order valence-corrected chi connectivity index (χ2v) is 9.48. The van der Waals surface area contributed by atoms with E-state index in [1.54, 1.807) is 24.3 Å². The Labute approximate surface area is 182 Å². The number of likely N-dealkylation sites (tertiary alicyclic amines) is 2. The molecule has 8 rings (SSSR count). The maximum atomic E-state index is 13.3. The number of fused-ring (bicyclic) bond motifs is 1. The Hall–Kier alpha value is -3.42. The topological polar surface area (TPSA) is 101 Å². The lowest BCUT2D eigenvalue weighted by Gasteiger charge is -2.60. The van der Waals surface area contributed by atoms with E-state index < -0.39 is 23.7 Å². The van der Waals surface area contributed by atoms with E-state index in [1.165, 1.54) is 22.3 Å². The van der Waals surface area contributed by atoms with Crippen LogP contribution in [0.5, 0.6) is 0 Å². The van der Waals surface area contributed by atoms with Gasteiger partial charge in [0.1, 0.15) is 11.5 Å². The SMILES string of the molecule is O=C1[C@@H]2[C@@H]3C=C[C@@H]([C@@H]2C(=O)N1Cc1ccco1)[C@H]1[C@H]2C(=O)N(Cc4ccco4)C(=O)[C@@H]2[C@H]31. The second-order valence-electron chi connectivity index (χ2n) is 9.48. The number of nitrogens with zero attached hydrogens (tertiary/aromatic N) is 2. The molecule has 8 heteroatoms. The third kappa shape index (κ3) is 2.07. The Morgan fingerprint density at radius 3 is 1.41 bits per heavy atom. The van der Waals surface area contributed by atoms with Gasteiger partial charge in [0.15, 0.2) is 0 Å². The number of hydrogen-bond donors (Lipinski definition) is 0. The Morgan fingerprint density at radius 1 is 0.625 bits per heavy atom. The second kappa shape index (κ2) is 6.09. The molecule has 8 atom stereocenters. The van der Waals surface area contributed by atoms with Gasteiger partial charge in [0.25, 0.3) is 0 Å². The average Bonchev–Trinajstić information content (AvgIpc) is 3.54. The molecule has 2 saturated heterocycles. The summed E-state index contributed by atoms with van der Waals surface area (Å²) in [5.74, 6) is -1.92. The first-order chi connectivity index (χ1) is 15.6. The van der Waals surface area contributed by atoms with Gasteiger partial charge in [-0.3, -0.25) is 29.0 Å². The molecule has 4 heterocycles. The summed E-state index contributed by atoms with van der Waals surface area (Å²) in [5.41, 5.74) is 0. The summed E-state index contributed by atoms with van der Waals surface area (Å²) in [5, 5.41) is 0. The standard InChI is InChI=1S/C24H20N2O6/c27-21-17-13-5-6-14(18(17)22(28)25(21)9-11-3-1-7-31-11)16-15(13)19-20(16)24(30)26(23(19)29)10-12-4-2-8-32-12/h1-8,13-20H,9-10H2/t13-,14-,15-,16-,17-,18+,19-,20-/m1/s1. The lowest BCUT2D eigenvalue weighted by atomic mass is 9.40. The van der Waals surface area contributed by atoms with Crippen LogP contribution in [0.1, 0.15) is 11.5 Å². The smallest absolute Gasteiger partial charge is 0.234 e. The van der Waals surface area contributed by atoms with Crippen molar-refractivity contribution < 1.29 is 28.0 Å². The van der Waals surface area contributed by atoms with Gasteiger partial charge in [0, 0.05) is 0 Å². The molecule has 32 heavy (non-hydrogen) atoms. The fraction of sp³-hybridized carbons (Fsp3) is 0.417. The van der Waals surface area contributed by atoms with Crippen LogP contribution in [0.2, 0.25) is 0 Å². The molecule has 0 N–H and O–H groups in total. The first kappa shape index (κ1) is 18.2. The summed E-state index contributed by atoms with van der Waals surface area (Å²) < 4.78 is 10.7. The summed E-state index contributed by atoms with van der Waals surface area (Å²) in [6.07, 6.45) is 7.06. The minimum absolute atomic E-state index is 0.0744. The van der Waals surface area contributed by atoms with Crippen LogP contribution in [-0.4, -0.2) is 33.4 Å². The molecule has 4 fully saturated rings. The van der Waals surface area contributed by atoms with Gasteiger partial charge < -0.3 is 8.83 Å². The molecule has 8 nitrogen and oxygen atoms in total. The summed E-state index contributed by atoms with van der Waals surface area (Å²) in [6, 6.07) is 6.94. The predicted molar refractivity (Wildman–Crippen MR) is 106 cm³/mol. The van der Waals surface area contributed by atoms with Gasteiger partial charge in [-0.25, -0.2) is 0 Å². The van der Waals surface area contributed by atoms with E-state index in [2.05, 4.69) is 0 Å². The normalized spacial score (nSPS) is 38.9. The zero-order valence-electron chi connectivity index (χ0n) is 17.0. The zero-order chi connectivity index (χ0) is 21.7. The number of amides is 4. The van der Waals surface area contributed by atoms with Gasteiger partial charge in [-0.15, -0.1) is 0 Å². The van der Waals surface area contributed by atoms with E-state index in [4.69, 9.17) is 8.83 Å². The van der Waals surface area contributed by atoms with E-state index >= 15 is 0 Å². The van der Waals surface area contributed by atoms with Crippen LogP contribution < -0.4 is 0 Å². The first-order valence-electron chi connectivity index (χ1n) is 11.0. The summed E-state index contributed by atoms with van der Waals surface area (Å²) in [7, 11) is 0. The maximum absolute atomic E-state index is 13.3. The van der Waals surface area contributed by atoms with Gasteiger partial charge in [0.05, 0.1) is 49.3 Å². The van der Waals surface area contributed by atoms with Crippen molar-refractivity contribution in [1.29, 1.82) is 0 Å². The Balaban J connectivity index is 1.20. The van der Waals surface area contributed by atoms with Crippen molar-refractivity contribution in [1.82, 2.24) is 9.80 Å². The van der Waals surface area contributed by atoms with Gasteiger partial charge in [-0.1, -0.05) is 12.2 Å². The molecule has 2 bridgehead atoms. The number of imide groups is 2. The predicted octanol–water partition coefficient (Wildman–Crippen LogP) is 1.84. The van der Waals surface area contributed by atoms with E-state index in [0.717, 1.165) is 0 Å². The minimum Gasteiger partial charge on any atom is -0.467 e. The Morgan fingerprint density at radius 2 is 1.03 bits per heavy atom. The molecule has 0 aromatic carbocycles. The van der Waals surface area contributed by atoms with Crippen LogP contribution >= 0.6 is 0 Å². The van der Waals surface area contributed by atoms with E-state index in [0.29, 0.717) is 11.5 Å². The Bertz CT molecular complexity index is 1130. The third-order valence-corrected chi connectivity index (χ3v) is 8.31. The van der Waals surface area contributed by atoms with Crippen LogP contribution in [0.25, 0.3) is 0 Å². The van der Waals surface area contributed by atoms with Crippen molar-refractivity contribution in [3.63, 3.8) is 0 Å². The molecule has 2 aromatic heterocycles. The number of allylic oxidation sites excluding steroid dienone is 2. The molecule has 162 valence electrons. The molecule has 4 aliphatic carbocycles. The van der Waals surface area contributed by atoms with Crippen LogP contribution in [0.4, 0.5) is 0 Å². The fourth-order valence-corrected chi connectivity index (χ4v) is 7.15. The number of furan rings is 2. The van der Waals surface area contributed by atoms with Crippen molar-refractivity contribution in [3.8, 4) is 0 Å². The van der Waals surface area contributed by atoms with Crippen molar-refractivity contribution in [3.05, 3.63) is 60.5 Å². The number of carbonyl (C=O) groups is 4. The highest BCUT2D eigenvalue weighted by molar-refractivity contribution is 6.09. The van der Waals surface area contributed by atoms with Crippen LogP contribution in [0.15, 0.2) is 57.8 Å². The van der Waals surface area contributed by atoms with Gasteiger partial charge in [-0.05, 0) is 47.9 Å². The van der Waals surface area contributed by atoms with E-state index in [-0.39, 0.29) is 60.4 Å². The van der Waals surface area contributed by atoms with Crippen molar-refractivity contribution >= 4 is 23.6 Å². The molecule has 0 spiro atoms. The molecule has 2 aliphatic heterocycles. The molecule has 0 unspecified atom stereocenters. The number of hydrogen-bond acceptors (Lipinski definition) is 6. The molecular formula is C24H20N2O6. The lowest BCUT2D eigenvalue weighted by molar-refractivity contribution is -0.166. The maximum Gasteiger partial charge on any atom is 0.234 e. The van der Waals surface area contributed by atoms with Crippen LogP contribution in [-0.2, 0) is 32.3 Å². The summed E-state index contributed by atoms with van der Waals surface area (Å²) in [4.78, 5) is 55.6. The third-order valence-electron chi connectivity index (χ3n) is 8.31. The van der Waals surface area contributed by atoms with E-state index in [9.17, 15) is 19.2 Å². The first-order valence-corrected chi connectivity index (χ1v) is 11.0. The molecule has 6 aliphatic rings. The average molecular weight is 432 g/mol. The zero-order valence-corrected chi connectivity index (χ0v) is 17.0. The van der Waals surface area contributed by atoms with E-state index in [1.807, 2.05) is 12.2 Å². The van der Waals surface area contributed by atoms with Gasteiger partial charge >= 0.3 is 0 Å². The monoisotopic (exact) mass is 432 g/mol. The lowest BCUT2D eigenvalue weighted by Crippen LogP contribution is -2.63. The fourth-order valence-electron chi connectivity index (χ4n) is 7.15. The quantitative estimate of drug-likeness (QED) is 0.540. The van der Waals surface area contributed by atoms with Crippen molar-refractivity contribution in [2.75, 3.05) is 0 Å². The van der Waals surface area contributed by atoms with Crippen molar-refractivity contribution in [2.24, 2.45) is 47.3 Å². The Kier molecular flexibility index (Phi) is 3.46.